The minimum Gasteiger partial charge on any atom is -0.320 e. The average molecular weight is 346 g/mol. The number of thiazole rings is 1. The molecule has 0 aliphatic carbocycles. The molecule has 0 fully saturated rings. The van der Waals surface area contributed by atoms with E-state index < -0.39 is 30.0 Å². The topological polar surface area (TPSA) is 87.8 Å². The Kier molecular flexibility index (Phi) is 4.46. The molecule has 2 rings (SSSR count). The number of nitrogens with zero attached hydrogens (tertiary/aromatic N) is 3. The molecule has 2 heterocycles. The number of amides is 1. The molecule has 23 heavy (non-hydrogen) atoms. The molecule has 0 bridgehead atoms. The predicted molar refractivity (Wildman–Crippen MR) is 71.5 cm³/mol. The van der Waals surface area contributed by atoms with Crippen molar-refractivity contribution in [1.29, 1.82) is 5.26 Å². The van der Waals surface area contributed by atoms with Crippen molar-refractivity contribution in [3.8, 4) is 6.07 Å². The van der Waals surface area contributed by atoms with Gasteiger partial charge < -0.3 is 9.88 Å². The summed E-state index contributed by atoms with van der Waals surface area (Å²) in [7, 11) is 0. The lowest BCUT2D eigenvalue weighted by molar-refractivity contribution is -0.141. The van der Waals surface area contributed by atoms with E-state index in [1.807, 2.05) is 0 Å². The van der Waals surface area contributed by atoms with Gasteiger partial charge in [-0.05, 0) is 0 Å². The highest BCUT2D eigenvalue weighted by Gasteiger charge is 2.29. The Morgan fingerprint density at radius 2 is 2.17 bits per heavy atom. The molecule has 2 aromatic rings. The second-order valence-electron chi connectivity index (χ2n) is 4.22. The number of hydrogen-bond acceptors (Lipinski definition) is 5. The number of nitriles is 1. The van der Waals surface area contributed by atoms with Crippen LogP contribution in [0.15, 0.2) is 23.3 Å². The summed E-state index contributed by atoms with van der Waals surface area (Å²) in [6.07, 6.45) is -2.94. The molecule has 0 radical (unpaired) electrons. The third kappa shape index (κ3) is 4.13. The first-order valence-corrected chi connectivity index (χ1v) is 6.65. The Morgan fingerprint density at radius 3 is 2.74 bits per heavy atom. The zero-order chi connectivity index (χ0) is 17.2. The fourth-order valence-corrected chi connectivity index (χ4v) is 2.21. The molecule has 2 aromatic heterocycles. The van der Waals surface area contributed by atoms with Crippen molar-refractivity contribution in [2.75, 3.05) is 5.32 Å². The van der Waals surface area contributed by atoms with E-state index in [-0.39, 0.29) is 20.1 Å². The van der Waals surface area contributed by atoms with Gasteiger partial charge in [0.2, 0.25) is 0 Å². The van der Waals surface area contributed by atoms with Gasteiger partial charge in [0.25, 0.3) is 11.5 Å². The molecule has 6 nitrogen and oxygen atoms in total. The van der Waals surface area contributed by atoms with Crippen LogP contribution in [-0.4, -0.2) is 21.6 Å². The standard InChI is InChI=1S/C12H6F4N4O2S/c13-7-1-6(4-20(11(7)22)5-12(14,15)16)19-10(21)8-3-18-9(2-17)23-8/h1,3-4H,5H2,(H,19,21). The van der Waals surface area contributed by atoms with Crippen LogP contribution < -0.4 is 10.9 Å². The van der Waals surface area contributed by atoms with Crippen molar-refractivity contribution in [3.05, 3.63) is 44.5 Å². The lowest BCUT2D eigenvalue weighted by atomic mass is 10.3. The van der Waals surface area contributed by atoms with Crippen molar-refractivity contribution in [2.45, 2.75) is 12.7 Å². The van der Waals surface area contributed by atoms with Crippen LogP contribution in [0.25, 0.3) is 0 Å². The maximum Gasteiger partial charge on any atom is 0.406 e. The summed E-state index contributed by atoms with van der Waals surface area (Å²) in [5, 5.41) is 10.8. The summed E-state index contributed by atoms with van der Waals surface area (Å²) >= 11 is 0.755. The summed E-state index contributed by atoms with van der Waals surface area (Å²) in [6.45, 7) is -1.69. The van der Waals surface area contributed by atoms with Gasteiger partial charge in [-0.2, -0.15) is 18.4 Å². The van der Waals surface area contributed by atoms with Gasteiger partial charge in [-0.1, -0.05) is 11.3 Å². The highest BCUT2D eigenvalue weighted by atomic mass is 32.1. The van der Waals surface area contributed by atoms with Crippen LogP contribution in [0.1, 0.15) is 14.7 Å². The molecular weight excluding hydrogens is 340 g/mol. The first kappa shape index (κ1) is 16.6. The number of rotatable bonds is 3. The zero-order valence-electron chi connectivity index (χ0n) is 11.0. The SMILES string of the molecule is N#Cc1ncc(C(=O)Nc2cc(F)c(=O)n(CC(F)(F)F)c2)s1. The number of alkyl halides is 3. The van der Waals surface area contributed by atoms with Gasteiger partial charge in [0.1, 0.15) is 17.5 Å². The quantitative estimate of drug-likeness (QED) is 0.863. The first-order chi connectivity index (χ1) is 10.7. The molecule has 0 unspecified atom stereocenters. The third-order valence-electron chi connectivity index (χ3n) is 2.47. The van der Waals surface area contributed by atoms with Gasteiger partial charge in [-0.3, -0.25) is 9.59 Å². The Hall–Kier alpha value is -2.74. The van der Waals surface area contributed by atoms with E-state index in [1.54, 1.807) is 6.07 Å². The first-order valence-electron chi connectivity index (χ1n) is 5.83. The van der Waals surface area contributed by atoms with E-state index in [0.29, 0.717) is 12.3 Å². The van der Waals surface area contributed by atoms with Gasteiger partial charge in [0, 0.05) is 12.3 Å². The smallest absolute Gasteiger partial charge is 0.320 e. The van der Waals surface area contributed by atoms with Crippen molar-refractivity contribution >= 4 is 22.9 Å². The molecule has 11 heteroatoms. The number of carbonyl (C=O) groups is 1. The Bertz CT molecular complexity index is 850. The van der Waals surface area contributed by atoms with Gasteiger partial charge in [-0.25, -0.2) is 9.37 Å². The number of nitrogens with one attached hydrogen (secondary N) is 1. The molecule has 0 atom stereocenters. The van der Waals surface area contributed by atoms with Gasteiger partial charge in [0.05, 0.1) is 11.9 Å². The van der Waals surface area contributed by atoms with Crippen LogP contribution in [0.2, 0.25) is 0 Å². The van der Waals surface area contributed by atoms with Gasteiger partial charge in [0.15, 0.2) is 10.8 Å². The maximum absolute atomic E-state index is 13.4. The molecule has 1 N–H and O–H groups in total. The van der Waals surface area contributed by atoms with Crippen LogP contribution in [0.3, 0.4) is 0 Å². The molecule has 0 saturated heterocycles. The molecule has 0 saturated carbocycles. The van der Waals surface area contributed by atoms with Crippen LogP contribution in [0.5, 0.6) is 0 Å². The largest absolute Gasteiger partial charge is 0.406 e. The minimum absolute atomic E-state index is 0.00975. The molecule has 0 aromatic carbocycles. The van der Waals surface area contributed by atoms with E-state index in [0.717, 1.165) is 17.5 Å². The Morgan fingerprint density at radius 1 is 1.48 bits per heavy atom. The van der Waals surface area contributed by atoms with Crippen LogP contribution in [-0.2, 0) is 6.54 Å². The number of carbonyl (C=O) groups excluding carboxylic acids is 1. The number of aromatic nitrogens is 2. The van der Waals surface area contributed by atoms with Crippen molar-refractivity contribution in [2.24, 2.45) is 0 Å². The van der Waals surface area contributed by atoms with Crippen molar-refractivity contribution in [1.82, 2.24) is 9.55 Å². The van der Waals surface area contributed by atoms with Gasteiger partial charge in [-0.15, -0.1) is 0 Å². The van der Waals surface area contributed by atoms with Crippen LogP contribution in [0, 0.1) is 17.1 Å². The van der Waals surface area contributed by atoms with Crippen LogP contribution in [0.4, 0.5) is 23.2 Å². The second-order valence-corrected chi connectivity index (χ2v) is 5.25. The summed E-state index contributed by atoms with van der Waals surface area (Å²) in [6, 6.07) is 2.32. The number of pyridine rings is 1. The van der Waals surface area contributed by atoms with Crippen LogP contribution >= 0.6 is 11.3 Å². The van der Waals surface area contributed by atoms with Crippen molar-refractivity contribution in [3.63, 3.8) is 0 Å². The summed E-state index contributed by atoms with van der Waals surface area (Å²) in [4.78, 5) is 26.8. The number of anilines is 1. The van der Waals surface area contributed by atoms with Crippen molar-refractivity contribution < 1.29 is 22.4 Å². The summed E-state index contributed by atoms with van der Waals surface area (Å²) < 4.78 is 50.6. The highest BCUT2D eigenvalue weighted by Crippen LogP contribution is 2.19. The maximum atomic E-state index is 13.4. The van der Waals surface area contributed by atoms with E-state index in [1.165, 1.54) is 0 Å². The fourth-order valence-electron chi connectivity index (χ4n) is 1.60. The van der Waals surface area contributed by atoms with E-state index in [4.69, 9.17) is 5.26 Å². The zero-order valence-corrected chi connectivity index (χ0v) is 11.8. The second kappa shape index (κ2) is 6.17. The minimum atomic E-state index is -4.72. The molecular formula is C12H6F4N4O2S. The Labute approximate surface area is 129 Å². The molecule has 1 amide bonds. The number of halogens is 4. The predicted octanol–water partition coefficient (Wildman–Crippen LogP) is 2.13. The Balaban J connectivity index is 2.28. The normalized spacial score (nSPS) is 11.1. The summed E-state index contributed by atoms with van der Waals surface area (Å²) in [5.41, 5.74) is -1.78. The number of hydrogen-bond donors (Lipinski definition) is 1. The molecule has 0 spiro atoms. The summed E-state index contributed by atoms with van der Waals surface area (Å²) in [5.74, 6) is -2.23. The molecule has 0 aliphatic rings. The lowest BCUT2D eigenvalue weighted by Crippen LogP contribution is -2.30. The van der Waals surface area contributed by atoms with Gasteiger partial charge >= 0.3 is 6.18 Å². The third-order valence-corrected chi connectivity index (χ3v) is 3.38. The monoisotopic (exact) mass is 346 g/mol. The van der Waals surface area contributed by atoms with E-state index in [2.05, 4.69) is 10.3 Å². The molecule has 120 valence electrons. The fraction of sp³-hybridized carbons (Fsp3) is 0.167. The van der Waals surface area contributed by atoms with E-state index in [9.17, 15) is 27.2 Å². The highest BCUT2D eigenvalue weighted by molar-refractivity contribution is 7.14. The lowest BCUT2D eigenvalue weighted by Gasteiger charge is -2.11. The molecule has 0 aliphatic heterocycles. The average Bonchev–Trinajstić information content (AvgIpc) is 2.91. The van der Waals surface area contributed by atoms with E-state index >= 15 is 0 Å².